The van der Waals surface area contributed by atoms with Gasteiger partial charge in [-0.2, -0.15) is 5.10 Å². The zero-order chi connectivity index (χ0) is 13.7. The van der Waals surface area contributed by atoms with Crippen LogP contribution in [0, 0.1) is 0 Å². The molecule has 0 fully saturated rings. The van der Waals surface area contributed by atoms with Crippen LogP contribution in [0.4, 0.5) is 0 Å². The number of nitrogens with zero attached hydrogens (tertiary/aromatic N) is 3. The van der Waals surface area contributed by atoms with Crippen molar-refractivity contribution in [2.45, 2.75) is 24.9 Å². The minimum Gasteiger partial charge on any atom is -0.346 e. The van der Waals surface area contributed by atoms with Gasteiger partial charge < -0.3 is 5.32 Å². The third kappa shape index (κ3) is 3.79. The number of rotatable bonds is 5. The molecule has 5 nitrogen and oxygen atoms in total. The molecule has 0 saturated heterocycles. The number of alkyl halides is 1. The van der Waals surface area contributed by atoms with Gasteiger partial charge in [-0.1, -0.05) is 30.3 Å². The maximum Gasteiger partial charge on any atom is 0.238 e. The van der Waals surface area contributed by atoms with Gasteiger partial charge in [0, 0.05) is 0 Å². The molecule has 1 heterocycles. The minimum atomic E-state index is -0.568. The van der Waals surface area contributed by atoms with Crippen LogP contribution in [0.25, 0.3) is 0 Å². The summed E-state index contributed by atoms with van der Waals surface area (Å²) in [6.45, 7) is 2.16. The fraction of sp³-hybridized carbons (Fsp3) is 0.308. The first-order chi connectivity index (χ1) is 9.16. The monoisotopic (exact) mass is 278 g/mol. The van der Waals surface area contributed by atoms with E-state index in [1.165, 1.54) is 6.33 Å². The summed E-state index contributed by atoms with van der Waals surface area (Å²) in [5.74, 6) is -0.198. The van der Waals surface area contributed by atoms with Crippen molar-refractivity contribution in [3.05, 3.63) is 48.5 Å². The first kappa shape index (κ1) is 13.5. The number of benzene rings is 1. The second-order valence-electron chi connectivity index (χ2n) is 4.21. The number of carbonyl (C=O) groups is 1. The summed E-state index contributed by atoms with van der Waals surface area (Å²) in [6.07, 6.45) is 3.08. The lowest BCUT2D eigenvalue weighted by atomic mass is 10.1. The van der Waals surface area contributed by atoms with E-state index in [1.807, 2.05) is 30.3 Å². The molecule has 6 heteroatoms. The number of nitrogens with one attached hydrogen (secondary N) is 1. The molecule has 0 spiro atoms. The van der Waals surface area contributed by atoms with Gasteiger partial charge >= 0.3 is 0 Å². The normalized spacial score (nSPS) is 13.8. The zero-order valence-electron chi connectivity index (χ0n) is 10.5. The molecule has 1 amide bonds. The summed E-state index contributed by atoms with van der Waals surface area (Å²) in [7, 11) is 0. The number of aromatic nitrogens is 3. The van der Waals surface area contributed by atoms with E-state index in [1.54, 1.807) is 17.9 Å². The molecule has 0 saturated carbocycles. The molecule has 1 aromatic carbocycles. The molecule has 2 aromatic rings. The van der Waals surface area contributed by atoms with Gasteiger partial charge in [0.15, 0.2) is 0 Å². The molecule has 1 aromatic heterocycles. The van der Waals surface area contributed by atoms with Gasteiger partial charge in [-0.25, -0.2) is 4.98 Å². The van der Waals surface area contributed by atoms with Gasteiger partial charge in [0.05, 0.1) is 12.6 Å². The van der Waals surface area contributed by atoms with Crippen LogP contribution in [0.15, 0.2) is 43.0 Å². The van der Waals surface area contributed by atoms with Crippen LogP contribution in [0.1, 0.15) is 18.5 Å². The maximum absolute atomic E-state index is 11.8. The molecule has 0 aliphatic rings. The van der Waals surface area contributed by atoms with E-state index >= 15 is 0 Å². The summed E-state index contributed by atoms with van der Waals surface area (Å²) in [4.78, 5) is 15.7. The Morgan fingerprint density at radius 3 is 2.74 bits per heavy atom. The molecule has 0 aliphatic heterocycles. The summed E-state index contributed by atoms with van der Waals surface area (Å²) >= 11 is 5.79. The minimum absolute atomic E-state index is 0.184. The highest BCUT2D eigenvalue weighted by Gasteiger charge is 2.18. The molecule has 2 rings (SSSR count). The highest BCUT2D eigenvalue weighted by Crippen LogP contribution is 2.15. The molecule has 1 N–H and O–H groups in total. The second-order valence-corrected chi connectivity index (χ2v) is 4.86. The second kappa shape index (κ2) is 6.33. The van der Waals surface area contributed by atoms with Crippen molar-refractivity contribution in [3.63, 3.8) is 0 Å². The lowest BCUT2D eigenvalue weighted by Gasteiger charge is -2.19. The zero-order valence-corrected chi connectivity index (χ0v) is 11.3. The SMILES string of the molecule is CC(Cl)C(=O)NC(Cn1cncn1)c1ccccc1. The van der Waals surface area contributed by atoms with Crippen molar-refractivity contribution in [2.75, 3.05) is 0 Å². The Bertz CT molecular complexity index is 513. The van der Waals surface area contributed by atoms with E-state index in [0.29, 0.717) is 6.54 Å². The van der Waals surface area contributed by atoms with Crippen molar-refractivity contribution in [3.8, 4) is 0 Å². The van der Waals surface area contributed by atoms with Crippen LogP contribution in [0.3, 0.4) is 0 Å². The standard InChI is InChI=1S/C13H15ClN4O/c1-10(14)13(19)17-12(7-18-9-15-8-16-18)11-5-3-2-4-6-11/h2-6,8-10,12H,7H2,1H3,(H,17,19). The number of hydrogen-bond donors (Lipinski definition) is 1. The molecular formula is C13H15ClN4O. The summed E-state index contributed by atoms with van der Waals surface area (Å²) in [6, 6.07) is 9.53. The maximum atomic E-state index is 11.8. The number of hydrogen-bond acceptors (Lipinski definition) is 3. The Kier molecular flexibility index (Phi) is 4.52. The Hall–Kier alpha value is -1.88. The average molecular weight is 279 g/mol. The van der Waals surface area contributed by atoms with Gasteiger partial charge in [-0.05, 0) is 12.5 Å². The van der Waals surface area contributed by atoms with Crippen LogP contribution in [-0.2, 0) is 11.3 Å². The predicted molar refractivity (Wildman–Crippen MR) is 72.7 cm³/mol. The van der Waals surface area contributed by atoms with E-state index in [4.69, 9.17) is 11.6 Å². The molecule has 2 atom stereocenters. The predicted octanol–water partition coefficient (Wildman–Crippen LogP) is 1.76. The topological polar surface area (TPSA) is 59.8 Å². The highest BCUT2D eigenvalue weighted by atomic mass is 35.5. The number of carbonyl (C=O) groups excluding carboxylic acids is 1. The fourth-order valence-electron chi connectivity index (χ4n) is 1.72. The first-order valence-corrected chi connectivity index (χ1v) is 6.42. The summed E-state index contributed by atoms with van der Waals surface area (Å²) in [5.41, 5.74) is 1.00. The average Bonchev–Trinajstić information content (AvgIpc) is 2.91. The molecule has 0 aliphatic carbocycles. The van der Waals surface area contributed by atoms with E-state index in [-0.39, 0.29) is 11.9 Å². The first-order valence-electron chi connectivity index (χ1n) is 5.98. The van der Waals surface area contributed by atoms with Crippen molar-refractivity contribution in [1.29, 1.82) is 0 Å². The van der Waals surface area contributed by atoms with E-state index in [2.05, 4.69) is 15.4 Å². The molecule has 100 valence electrons. The summed E-state index contributed by atoms with van der Waals surface area (Å²) < 4.78 is 1.68. The molecule has 19 heavy (non-hydrogen) atoms. The van der Waals surface area contributed by atoms with E-state index < -0.39 is 5.38 Å². The lowest BCUT2D eigenvalue weighted by Crippen LogP contribution is -2.35. The Morgan fingerprint density at radius 2 is 2.16 bits per heavy atom. The molecule has 0 bridgehead atoms. The van der Waals surface area contributed by atoms with Gasteiger partial charge in [0.1, 0.15) is 18.0 Å². The smallest absolute Gasteiger partial charge is 0.238 e. The van der Waals surface area contributed by atoms with Crippen molar-refractivity contribution in [1.82, 2.24) is 20.1 Å². The van der Waals surface area contributed by atoms with E-state index in [0.717, 1.165) is 5.56 Å². The van der Waals surface area contributed by atoms with Gasteiger partial charge in [-0.15, -0.1) is 11.6 Å². The van der Waals surface area contributed by atoms with Gasteiger partial charge in [0.25, 0.3) is 0 Å². The van der Waals surface area contributed by atoms with Crippen LogP contribution in [0.2, 0.25) is 0 Å². The molecular weight excluding hydrogens is 264 g/mol. The largest absolute Gasteiger partial charge is 0.346 e. The van der Waals surface area contributed by atoms with Gasteiger partial charge in [0.2, 0.25) is 5.91 Å². The van der Waals surface area contributed by atoms with Crippen LogP contribution < -0.4 is 5.32 Å². The molecule has 2 unspecified atom stereocenters. The number of halogens is 1. The van der Waals surface area contributed by atoms with Crippen LogP contribution in [0.5, 0.6) is 0 Å². The third-order valence-electron chi connectivity index (χ3n) is 2.72. The Morgan fingerprint density at radius 1 is 1.42 bits per heavy atom. The van der Waals surface area contributed by atoms with Crippen molar-refractivity contribution >= 4 is 17.5 Å². The van der Waals surface area contributed by atoms with Crippen LogP contribution in [-0.4, -0.2) is 26.0 Å². The van der Waals surface area contributed by atoms with Gasteiger partial charge in [-0.3, -0.25) is 9.48 Å². The van der Waals surface area contributed by atoms with E-state index in [9.17, 15) is 4.79 Å². The summed E-state index contributed by atoms with van der Waals surface area (Å²) in [5, 5.41) is 6.40. The quantitative estimate of drug-likeness (QED) is 0.848. The fourth-order valence-corrected chi connectivity index (χ4v) is 1.78. The Labute approximate surface area is 116 Å². The van der Waals surface area contributed by atoms with Crippen molar-refractivity contribution in [2.24, 2.45) is 0 Å². The number of amides is 1. The lowest BCUT2D eigenvalue weighted by molar-refractivity contribution is -0.121. The molecule has 0 radical (unpaired) electrons. The van der Waals surface area contributed by atoms with Crippen LogP contribution >= 0.6 is 11.6 Å². The van der Waals surface area contributed by atoms with Crippen molar-refractivity contribution < 1.29 is 4.79 Å². The highest BCUT2D eigenvalue weighted by molar-refractivity contribution is 6.30. The Balaban J connectivity index is 2.16. The third-order valence-corrected chi connectivity index (χ3v) is 2.91.